The summed E-state index contributed by atoms with van der Waals surface area (Å²) in [6.45, 7) is 9.75. The lowest BCUT2D eigenvalue weighted by atomic mass is 10.1. The molecule has 3 N–H and O–H groups in total. The van der Waals surface area contributed by atoms with Gasteiger partial charge in [0.1, 0.15) is 10.8 Å². The second kappa shape index (κ2) is 8.95. The first-order valence-corrected chi connectivity index (χ1v) is 7.97. The minimum atomic E-state index is -0.372. The lowest BCUT2D eigenvalue weighted by Crippen LogP contribution is -2.25. The smallest absolute Gasteiger partial charge is 0.135 e. The van der Waals surface area contributed by atoms with E-state index in [1.54, 1.807) is 6.07 Å². The highest BCUT2D eigenvalue weighted by Gasteiger charge is 2.08. The van der Waals surface area contributed by atoms with E-state index in [2.05, 4.69) is 31.0 Å². The van der Waals surface area contributed by atoms with Crippen LogP contribution in [-0.4, -0.2) is 35.6 Å². The van der Waals surface area contributed by atoms with Gasteiger partial charge in [0, 0.05) is 17.3 Å². The fourth-order valence-electron chi connectivity index (χ4n) is 2.32. The number of nitrogens with two attached hydrogens (primary N) is 1. The van der Waals surface area contributed by atoms with Crippen molar-refractivity contribution in [2.45, 2.75) is 39.7 Å². The second-order valence-electron chi connectivity index (χ2n) is 5.27. The maximum atomic E-state index is 13.8. The van der Waals surface area contributed by atoms with Crippen molar-refractivity contribution in [3.05, 3.63) is 29.6 Å². The number of rotatable bonds is 9. The summed E-state index contributed by atoms with van der Waals surface area (Å²) in [6, 6.07) is 5.20. The molecule has 0 aliphatic rings. The quantitative estimate of drug-likeness (QED) is 0.686. The van der Waals surface area contributed by atoms with Crippen LogP contribution in [0.25, 0.3) is 0 Å². The molecule has 0 amide bonds. The molecule has 0 saturated heterocycles. The molecule has 0 saturated carbocycles. The van der Waals surface area contributed by atoms with E-state index in [0.29, 0.717) is 11.6 Å². The Hall–Kier alpha value is -1.20. The van der Waals surface area contributed by atoms with E-state index in [1.165, 1.54) is 6.07 Å². The Labute approximate surface area is 132 Å². The number of hydrogen-bond donors (Lipinski definition) is 2. The van der Waals surface area contributed by atoms with E-state index in [-0.39, 0.29) is 10.8 Å². The first-order chi connectivity index (χ1) is 9.97. The number of nitrogens with zero attached hydrogens (tertiary/aromatic N) is 1. The summed E-state index contributed by atoms with van der Waals surface area (Å²) in [4.78, 5) is 2.50. The molecule has 0 heterocycles. The van der Waals surface area contributed by atoms with Crippen LogP contribution in [0.4, 0.5) is 10.1 Å². The number of thiocarbonyl (C=S) groups is 1. The van der Waals surface area contributed by atoms with E-state index in [0.717, 1.165) is 38.2 Å². The molecule has 1 atom stereocenters. The van der Waals surface area contributed by atoms with Gasteiger partial charge in [0.2, 0.25) is 0 Å². The molecule has 3 nitrogen and oxygen atoms in total. The third-order valence-corrected chi connectivity index (χ3v) is 3.87. The van der Waals surface area contributed by atoms with Crippen LogP contribution in [-0.2, 0) is 0 Å². The lowest BCUT2D eigenvalue weighted by Gasteiger charge is -2.20. The van der Waals surface area contributed by atoms with Gasteiger partial charge in [-0.2, -0.15) is 0 Å². The van der Waals surface area contributed by atoms with Crippen molar-refractivity contribution < 1.29 is 4.39 Å². The number of halogens is 1. The van der Waals surface area contributed by atoms with Crippen molar-refractivity contribution in [3.63, 3.8) is 0 Å². The van der Waals surface area contributed by atoms with Crippen LogP contribution < -0.4 is 11.1 Å². The fourth-order valence-corrected chi connectivity index (χ4v) is 2.49. The number of hydrogen-bond acceptors (Lipinski definition) is 3. The van der Waals surface area contributed by atoms with Gasteiger partial charge in [-0.15, -0.1) is 0 Å². The minimum absolute atomic E-state index is 0.0892. The summed E-state index contributed by atoms with van der Waals surface area (Å²) in [5, 5.41) is 3.32. The lowest BCUT2D eigenvalue weighted by molar-refractivity contribution is 0.295. The third kappa shape index (κ3) is 5.98. The van der Waals surface area contributed by atoms with Crippen LogP contribution in [0.5, 0.6) is 0 Å². The molecule has 0 radical (unpaired) electrons. The maximum absolute atomic E-state index is 13.8. The zero-order chi connectivity index (χ0) is 15.8. The van der Waals surface area contributed by atoms with Crippen LogP contribution in [0.1, 0.15) is 39.2 Å². The van der Waals surface area contributed by atoms with Gasteiger partial charge in [-0.3, -0.25) is 0 Å². The monoisotopic (exact) mass is 311 g/mol. The van der Waals surface area contributed by atoms with Crippen LogP contribution in [0.2, 0.25) is 0 Å². The summed E-state index contributed by atoms with van der Waals surface area (Å²) in [7, 11) is 0. The Morgan fingerprint density at radius 1 is 1.38 bits per heavy atom. The molecule has 1 aromatic rings. The van der Waals surface area contributed by atoms with E-state index < -0.39 is 0 Å². The molecule has 0 bridgehead atoms. The highest BCUT2D eigenvalue weighted by atomic mass is 32.1. The highest BCUT2D eigenvalue weighted by Crippen LogP contribution is 2.16. The SMILES string of the molecule is CCN(CC)CCCC(C)Nc1ccc(C(N)=S)c(F)c1. The third-order valence-electron chi connectivity index (χ3n) is 3.65. The van der Waals surface area contributed by atoms with Crippen molar-refractivity contribution in [1.29, 1.82) is 0 Å². The minimum Gasteiger partial charge on any atom is -0.389 e. The Morgan fingerprint density at radius 3 is 2.57 bits per heavy atom. The van der Waals surface area contributed by atoms with Crippen molar-refractivity contribution in [3.8, 4) is 0 Å². The predicted molar refractivity (Wildman–Crippen MR) is 92.4 cm³/mol. The molecule has 0 aliphatic heterocycles. The highest BCUT2D eigenvalue weighted by molar-refractivity contribution is 7.80. The summed E-state index contributed by atoms with van der Waals surface area (Å²) >= 11 is 4.80. The van der Waals surface area contributed by atoms with Crippen molar-refractivity contribution in [2.24, 2.45) is 5.73 Å². The summed E-state index contributed by atoms with van der Waals surface area (Å²) < 4.78 is 13.8. The van der Waals surface area contributed by atoms with Crippen molar-refractivity contribution in [2.75, 3.05) is 25.0 Å². The zero-order valence-electron chi connectivity index (χ0n) is 13.2. The Balaban J connectivity index is 2.46. The molecular weight excluding hydrogens is 285 g/mol. The summed E-state index contributed by atoms with van der Waals surface area (Å²) in [5.74, 6) is -0.372. The molecular formula is C16H26FN3S. The van der Waals surface area contributed by atoms with Gasteiger partial charge in [0.05, 0.1) is 0 Å². The van der Waals surface area contributed by atoms with Gasteiger partial charge in [-0.1, -0.05) is 26.1 Å². The van der Waals surface area contributed by atoms with Crippen LogP contribution in [0.15, 0.2) is 18.2 Å². The fraction of sp³-hybridized carbons (Fsp3) is 0.562. The molecule has 21 heavy (non-hydrogen) atoms. The Kier molecular flexibility index (Phi) is 7.61. The molecule has 118 valence electrons. The molecule has 1 rings (SSSR count). The molecule has 1 unspecified atom stereocenters. The van der Waals surface area contributed by atoms with Crippen molar-refractivity contribution >= 4 is 22.9 Å². The Morgan fingerprint density at radius 2 is 2.05 bits per heavy atom. The maximum Gasteiger partial charge on any atom is 0.135 e. The van der Waals surface area contributed by atoms with Crippen LogP contribution in [0.3, 0.4) is 0 Å². The molecule has 0 aliphatic carbocycles. The molecule has 0 aromatic heterocycles. The van der Waals surface area contributed by atoms with E-state index in [1.807, 2.05) is 6.07 Å². The van der Waals surface area contributed by atoms with Crippen molar-refractivity contribution in [1.82, 2.24) is 4.90 Å². The van der Waals surface area contributed by atoms with E-state index >= 15 is 0 Å². The molecule has 1 aromatic carbocycles. The van der Waals surface area contributed by atoms with Gasteiger partial charge in [-0.05, 0) is 57.6 Å². The number of anilines is 1. The van der Waals surface area contributed by atoms with Gasteiger partial charge < -0.3 is 16.0 Å². The molecule has 0 spiro atoms. The normalized spacial score (nSPS) is 12.4. The predicted octanol–water partition coefficient (Wildman–Crippen LogP) is 3.38. The standard InChI is InChI=1S/C16H26FN3S/c1-4-20(5-2)10-6-7-12(3)19-13-8-9-14(16(18)21)15(17)11-13/h8-9,11-12,19H,4-7,10H2,1-3H3,(H2,18,21). The van der Waals surface area contributed by atoms with E-state index in [4.69, 9.17) is 18.0 Å². The van der Waals surface area contributed by atoms with Crippen LogP contribution >= 0.6 is 12.2 Å². The first kappa shape index (κ1) is 17.9. The van der Waals surface area contributed by atoms with Gasteiger partial charge in [-0.25, -0.2) is 4.39 Å². The van der Waals surface area contributed by atoms with E-state index in [9.17, 15) is 4.39 Å². The topological polar surface area (TPSA) is 41.3 Å². The van der Waals surface area contributed by atoms with Gasteiger partial charge in [0.15, 0.2) is 0 Å². The van der Waals surface area contributed by atoms with Gasteiger partial charge in [0.25, 0.3) is 0 Å². The number of benzene rings is 1. The molecule has 5 heteroatoms. The summed E-state index contributed by atoms with van der Waals surface area (Å²) in [5.41, 5.74) is 6.52. The largest absolute Gasteiger partial charge is 0.389 e. The Bertz CT molecular complexity index is 461. The average Bonchev–Trinajstić information content (AvgIpc) is 2.43. The first-order valence-electron chi connectivity index (χ1n) is 7.56. The molecule has 0 fully saturated rings. The second-order valence-corrected chi connectivity index (χ2v) is 5.71. The average molecular weight is 311 g/mol. The van der Waals surface area contributed by atoms with Crippen LogP contribution in [0, 0.1) is 5.82 Å². The zero-order valence-corrected chi connectivity index (χ0v) is 14.0. The van der Waals surface area contributed by atoms with Gasteiger partial charge >= 0.3 is 0 Å². The number of nitrogens with one attached hydrogen (secondary N) is 1. The summed E-state index contributed by atoms with van der Waals surface area (Å²) in [6.07, 6.45) is 2.18.